The summed E-state index contributed by atoms with van der Waals surface area (Å²) in [5.74, 6) is -1.47. The van der Waals surface area contributed by atoms with Gasteiger partial charge in [-0.1, -0.05) is 0 Å². The molecular formula is C12H16N4O4. The zero-order chi connectivity index (χ0) is 15.2. The minimum absolute atomic E-state index is 0.118. The number of hydrogen-bond acceptors (Lipinski definition) is 4. The lowest BCUT2D eigenvalue weighted by Gasteiger charge is -2.12. The van der Waals surface area contributed by atoms with Crippen molar-refractivity contribution in [1.29, 1.82) is 0 Å². The lowest BCUT2D eigenvalue weighted by molar-refractivity contribution is 0.0679. The molecule has 0 unspecified atom stereocenters. The molecule has 2 heterocycles. The Bertz CT molecular complexity index is 809. The normalized spacial score (nSPS) is 11.4. The number of carboxylic acids is 1. The van der Waals surface area contributed by atoms with Gasteiger partial charge in [-0.2, -0.15) is 0 Å². The molecule has 0 atom stereocenters. The third-order valence-electron chi connectivity index (χ3n) is 3.20. The highest BCUT2D eigenvalue weighted by Gasteiger charge is 2.23. The summed E-state index contributed by atoms with van der Waals surface area (Å²) in [5.41, 5.74) is -0.785. The number of rotatable bonds is 3. The van der Waals surface area contributed by atoms with Gasteiger partial charge in [0.15, 0.2) is 11.2 Å². The second-order valence-corrected chi connectivity index (χ2v) is 4.77. The zero-order valence-corrected chi connectivity index (χ0v) is 11.7. The first-order valence-electron chi connectivity index (χ1n) is 6.26. The number of fused-ring (bicyclic) bond motifs is 1. The van der Waals surface area contributed by atoms with Gasteiger partial charge in [0.2, 0.25) is 5.82 Å². The average Bonchev–Trinajstić information content (AvgIpc) is 2.75. The van der Waals surface area contributed by atoms with Crippen LogP contribution in [0.15, 0.2) is 9.59 Å². The molecule has 0 aliphatic heterocycles. The maximum Gasteiger partial charge on any atom is 0.372 e. The highest BCUT2D eigenvalue weighted by Crippen LogP contribution is 2.14. The monoisotopic (exact) mass is 280 g/mol. The SMILES string of the molecule is CCn1c(C(=O)O)nc2c1c(=O)n(C)c(=O)n2C(C)C. The molecule has 8 nitrogen and oxygen atoms in total. The minimum atomic E-state index is -1.23. The summed E-state index contributed by atoms with van der Waals surface area (Å²) in [6.45, 7) is 5.55. The van der Waals surface area contributed by atoms with Gasteiger partial charge < -0.3 is 9.67 Å². The maximum absolute atomic E-state index is 12.2. The molecule has 20 heavy (non-hydrogen) atoms. The number of imidazole rings is 1. The maximum atomic E-state index is 12.2. The number of aryl methyl sites for hydroxylation is 1. The summed E-state index contributed by atoms with van der Waals surface area (Å²) in [6, 6.07) is -0.237. The predicted octanol–water partition coefficient (Wildman–Crippen LogP) is 0.196. The van der Waals surface area contributed by atoms with Crippen molar-refractivity contribution in [2.45, 2.75) is 33.4 Å². The van der Waals surface area contributed by atoms with Crippen LogP contribution < -0.4 is 11.2 Å². The van der Waals surface area contributed by atoms with E-state index >= 15 is 0 Å². The van der Waals surface area contributed by atoms with Crippen molar-refractivity contribution in [2.24, 2.45) is 7.05 Å². The molecule has 0 saturated carbocycles. The van der Waals surface area contributed by atoms with Gasteiger partial charge in [-0.25, -0.2) is 14.6 Å². The summed E-state index contributed by atoms with van der Waals surface area (Å²) in [4.78, 5) is 39.6. The Morgan fingerprint density at radius 2 is 1.95 bits per heavy atom. The fraction of sp³-hybridized carbons (Fsp3) is 0.500. The minimum Gasteiger partial charge on any atom is -0.475 e. The Hall–Kier alpha value is -2.38. The van der Waals surface area contributed by atoms with Crippen molar-refractivity contribution in [1.82, 2.24) is 18.7 Å². The lowest BCUT2D eigenvalue weighted by Crippen LogP contribution is -2.39. The van der Waals surface area contributed by atoms with Crippen LogP contribution in [-0.2, 0) is 13.6 Å². The van der Waals surface area contributed by atoms with Gasteiger partial charge in [0.1, 0.15) is 0 Å². The van der Waals surface area contributed by atoms with Crippen molar-refractivity contribution >= 4 is 17.1 Å². The van der Waals surface area contributed by atoms with Gasteiger partial charge in [-0.3, -0.25) is 13.9 Å². The van der Waals surface area contributed by atoms with Crippen molar-refractivity contribution in [2.75, 3.05) is 0 Å². The molecule has 0 fully saturated rings. The van der Waals surface area contributed by atoms with E-state index in [4.69, 9.17) is 0 Å². The van der Waals surface area contributed by atoms with Gasteiger partial charge in [0.05, 0.1) is 0 Å². The number of carboxylic acid groups (broad SMARTS) is 1. The smallest absolute Gasteiger partial charge is 0.372 e. The first-order chi connectivity index (χ1) is 9.31. The molecule has 1 N–H and O–H groups in total. The highest BCUT2D eigenvalue weighted by atomic mass is 16.4. The van der Waals surface area contributed by atoms with E-state index < -0.39 is 17.2 Å². The molecule has 0 bridgehead atoms. The molecule has 0 aliphatic rings. The molecule has 2 aromatic rings. The summed E-state index contributed by atoms with van der Waals surface area (Å²) in [7, 11) is 1.37. The van der Waals surface area contributed by atoms with E-state index in [1.807, 2.05) is 0 Å². The number of aromatic carboxylic acids is 1. The van der Waals surface area contributed by atoms with E-state index in [0.717, 1.165) is 4.57 Å². The summed E-state index contributed by atoms with van der Waals surface area (Å²) in [5, 5.41) is 9.18. The van der Waals surface area contributed by atoms with E-state index in [2.05, 4.69) is 4.98 Å². The molecule has 0 amide bonds. The van der Waals surface area contributed by atoms with Gasteiger partial charge in [-0.15, -0.1) is 0 Å². The lowest BCUT2D eigenvalue weighted by atomic mass is 10.3. The first kappa shape index (κ1) is 14.0. The van der Waals surface area contributed by atoms with Crippen molar-refractivity contribution in [3.8, 4) is 0 Å². The predicted molar refractivity (Wildman–Crippen MR) is 72.3 cm³/mol. The number of nitrogens with zero attached hydrogens (tertiary/aromatic N) is 4. The third kappa shape index (κ3) is 1.75. The van der Waals surface area contributed by atoms with Crippen LogP contribution in [0.25, 0.3) is 11.2 Å². The van der Waals surface area contributed by atoms with Gasteiger partial charge in [-0.05, 0) is 20.8 Å². The molecule has 2 rings (SSSR count). The van der Waals surface area contributed by atoms with Crippen LogP contribution in [0.2, 0.25) is 0 Å². The second kappa shape index (κ2) is 4.62. The van der Waals surface area contributed by atoms with Crippen molar-refractivity contribution in [3.05, 3.63) is 26.7 Å². The summed E-state index contributed by atoms with van der Waals surface area (Å²) in [6.07, 6.45) is 0. The third-order valence-corrected chi connectivity index (χ3v) is 3.20. The van der Waals surface area contributed by atoms with Crippen LogP contribution in [0.5, 0.6) is 0 Å². The fourth-order valence-electron chi connectivity index (χ4n) is 2.25. The van der Waals surface area contributed by atoms with E-state index in [1.54, 1.807) is 20.8 Å². The van der Waals surface area contributed by atoms with E-state index in [-0.39, 0.29) is 29.6 Å². The van der Waals surface area contributed by atoms with Crippen LogP contribution in [0.4, 0.5) is 0 Å². The fourth-order valence-corrected chi connectivity index (χ4v) is 2.25. The van der Waals surface area contributed by atoms with Crippen molar-refractivity contribution in [3.63, 3.8) is 0 Å². The molecule has 2 aromatic heterocycles. The standard InChI is InChI=1S/C12H16N4O4/c1-5-15-7-8(13-9(15)11(18)19)16(6(2)3)12(20)14(4)10(7)17/h6H,5H2,1-4H3,(H,18,19). The Kier molecular flexibility index (Phi) is 3.24. The molecule has 108 valence electrons. The summed E-state index contributed by atoms with van der Waals surface area (Å²) < 4.78 is 3.62. The Balaban J connectivity index is 3.14. The molecule has 0 saturated heterocycles. The van der Waals surface area contributed by atoms with Crippen LogP contribution in [0.3, 0.4) is 0 Å². The van der Waals surface area contributed by atoms with Gasteiger partial charge in [0, 0.05) is 19.6 Å². The van der Waals surface area contributed by atoms with Crippen LogP contribution >= 0.6 is 0 Å². The average molecular weight is 280 g/mol. The number of carbonyl (C=O) groups is 1. The Labute approximate surface area is 113 Å². The number of aromatic nitrogens is 4. The van der Waals surface area contributed by atoms with Gasteiger partial charge >= 0.3 is 11.7 Å². The Morgan fingerprint density at radius 3 is 2.40 bits per heavy atom. The van der Waals surface area contributed by atoms with E-state index in [1.165, 1.54) is 16.2 Å². The molecule has 0 spiro atoms. The van der Waals surface area contributed by atoms with E-state index in [9.17, 15) is 19.5 Å². The number of hydrogen-bond donors (Lipinski definition) is 1. The molecular weight excluding hydrogens is 264 g/mol. The second-order valence-electron chi connectivity index (χ2n) is 4.77. The zero-order valence-electron chi connectivity index (χ0n) is 11.7. The van der Waals surface area contributed by atoms with Gasteiger partial charge in [0.25, 0.3) is 5.56 Å². The molecule has 8 heteroatoms. The topological polar surface area (TPSA) is 99.1 Å². The van der Waals surface area contributed by atoms with E-state index in [0.29, 0.717) is 0 Å². The van der Waals surface area contributed by atoms with Crippen molar-refractivity contribution < 1.29 is 9.90 Å². The largest absolute Gasteiger partial charge is 0.475 e. The molecule has 0 radical (unpaired) electrons. The summed E-state index contributed by atoms with van der Waals surface area (Å²) >= 11 is 0. The van der Waals surface area contributed by atoms with Crippen LogP contribution in [-0.4, -0.2) is 29.8 Å². The van der Waals surface area contributed by atoms with Crippen LogP contribution in [0, 0.1) is 0 Å². The molecule has 0 aliphatic carbocycles. The Morgan fingerprint density at radius 1 is 1.35 bits per heavy atom. The first-order valence-corrected chi connectivity index (χ1v) is 6.26. The molecule has 0 aromatic carbocycles. The quantitative estimate of drug-likeness (QED) is 0.865. The highest BCUT2D eigenvalue weighted by molar-refractivity contribution is 5.88. The van der Waals surface area contributed by atoms with Crippen LogP contribution in [0.1, 0.15) is 37.4 Å².